The Morgan fingerprint density at radius 2 is 1.92 bits per heavy atom. The van der Waals surface area contributed by atoms with Gasteiger partial charge in [-0.15, -0.1) is 10.2 Å². The van der Waals surface area contributed by atoms with Gasteiger partial charge in [-0.05, 0) is 50.2 Å². The summed E-state index contributed by atoms with van der Waals surface area (Å²) in [6, 6.07) is 10.2. The highest BCUT2D eigenvalue weighted by Gasteiger charge is 2.21. The van der Waals surface area contributed by atoms with Crippen LogP contribution in [0.1, 0.15) is 24.3 Å². The van der Waals surface area contributed by atoms with Gasteiger partial charge in [0, 0.05) is 6.20 Å². The number of carbonyl (C=O) groups is 1. The van der Waals surface area contributed by atoms with Gasteiger partial charge >= 0.3 is 5.97 Å². The van der Waals surface area contributed by atoms with E-state index < -0.39 is 5.97 Å². The van der Waals surface area contributed by atoms with Crippen molar-refractivity contribution in [2.75, 3.05) is 13.2 Å². The normalized spacial score (nSPS) is 11.2. The second kappa shape index (κ2) is 7.64. The Balaban J connectivity index is 2.00. The van der Waals surface area contributed by atoms with Gasteiger partial charge in [0.25, 0.3) is 0 Å². The molecule has 0 aliphatic rings. The van der Waals surface area contributed by atoms with Gasteiger partial charge in [0.15, 0.2) is 22.9 Å². The van der Waals surface area contributed by atoms with Crippen LogP contribution in [0.4, 0.5) is 11.5 Å². The topological polar surface area (TPSA) is 97.8 Å². The molecule has 0 atom stereocenters. The first-order valence-electron chi connectivity index (χ1n) is 8.15. The minimum Gasteiger partial charge on any atom is -0.504 e. The summed E-state index contributed by atoms with van der Waals surface area (Å²) >= 11 is 0. The lowest BCUT2D eigenvalue weighted by molar-refractivity contribution is 0.0521. The zero-order valence-electron chi connectivity index (χ0n) is 14.4. The Hall–Kier alpha value is -3.42. The zero-order valence-corrected chi connectivity index (χ0v) is 14.4. The van der Waals surface area contributed by atoms with E-state index >= 15 is 0 Å². The molecule has 134 valence electrons. The first kappa shape index (κ1) is 17.4. The minimum atomic E-state index is -0.628. The number of pyridine rings is 1. The standard InChI is InChI=1S/C18H18N4O4/c1-3-25-13-9-7-12(8-10-13)20-21-17-15(18(24)26-4-2)19-16-14(23)6-5-11-22(16)17/h5-11,23H,3-4H2,1-2H3. The fourth-order valence-corrected chi connectivity index (χ4v) is 2.35. The third-order valence-corrected chi connectivity index (χ3v) is 3.48. The first-order valence-corrected chi connectivity index (χ1v) is 8.15. The minimum absolute atomic E-state index is 0.0111. The number of carbonyl (C=O) groups excluding carboxylic acids is 1. The van der Waals surface area contributed by atoms with Crippen molar-refractivity contribution >= 4 is 23.1 Å². The smallest absolute Gasteiger partial charge is 0.360 e. The average Bonchev–Trinajstić information content (AvgIpc) is 3.02. The molecule has 1 aromatic carbocycles. The predicted octanol–water partition coefficient (Wildman–Crippen LogP) is 4.03. The molecule has 0 fully saturated rings. The van der Waals surface area contributed by atoms with Crippen molar-refractivity contribution in [1.82, 2.24) is 9.38 Å². The van der Waals surface area contributed by atoms with Crippen molar-refractivity contribution in [3.05, 3.63) is 48.3 Å². The van der Waals surface area contributed by atoms with E-state index in [0.29, 0.717) is 12.3 Å². The number of imidazole rings is 1. The third-order valence-electron chi connectivity index (χ3n) is 3.48. The van der Waals surface area contributed by atoms with Gasteiger partial charge in [0.1, 0.15) is 5.75 Å². The molecule has 0 unspecified atom stereocenters. The van der Waals surface area contributed by atoms with E-state index in [9.17, 15) is 9.90 Å². The SMILES string of the molecule is CCOC(=O)c1nc2c(O)cccn2c1N=Nc1ccc(OCC)cc1. The van der Waals surface area contributed by atoms with Gasteiger partial charge in [-0.3, -0.25) is 4.40 Å². The number of hydrogen-bond donors (Lipinski definition) is 1. The molecule has 0 amide bonds. The number of aromatic nitrogens is 2. The van der Waals surface area contributed by atoms with Crippen LogP contribution in [0.3, 0.4) is 0 Å². The molecular weight excluding hydrogens is 336 g/mol. The molecule has 1 N–H and O–H groups in total. The zero-order chi connectivity index (χ0) is 18.5. The highest BCUT2D eigenvalue weighted by atomic mass is 16.5. The molecule has 0 aliphatic heterocycles. The van der Waals surface area contributed by atoms with Crippen molar-refractivity contribution < 1.29 is 19.4 Å². The van der Waals surface area contributed by atoms with Crippen molar-refractivity contribution in [2.45, 2.75) is 13.8 Å². The van der Waals surface area contributed by atoms with Crippen LogP contribution in [0.5, 0.6) is 11.5 Å². The number of ether oxygens (including phenoxy) is 2. The predicted molar refractivity (Wildman–Crippen MR) is 94.6 cm³/mol. The molecule has 2 heterocycles. The fourth-order valence-electron chi connectivity index (χ4n) is 2.35. The Morgan fingerprint density at radius 1 is 1.15 bits per heavy atom. The van der Waals surface area contributed by atoms with E-state index in [2.05, 4.69) is 15.2 Å². The molecule has 8 nitrogen and oxygen atoms in total. The van der Waals surface area contributed by atoms with Gasteiger partial charge in [0.2, 0.25) is 0 Å². The van der Waals surface area contributed by atoms with Crippen LogP contribution < -0.4 is 4.74 Å². The van der Waals surface area contributed by atoms with E-state index in [1.807, 2.05) is 6.92 Å². The molecule has 0 saturated carbocycles. The molecule has 0 aliphatic carbocycles. The second-order valence-corrected chi connectivity index (χ2v) is 5.22. The van der Waals surface area contributed by atoms with Gasteiger partial charge in [0.05, 0.1) is 18.9 Å². The fraction of sp³-hybridized carbons (Fsp3) is 0.222. The molecule has 0 radical (unpaired) electrons. The lowest BCUT2D eigenvalue weighted by Gasteiger charge is -2.02. The number of aromatic hydroxyl groups is 1. The number of benzene rings is 1. The number of rotatable bonds is 6. The third kappa shape index (κ3) is 3.49. The molecule has 2 aromatic heterocycles. The summed E-state index contributed by atoms with van der Waals surface area (Å²) in [4.78, 5) is 16.3. The largest absolute Gasteiger partial charge is 0.504 e. The Morgan fingerprint density at radius 3 is 2.62 bits per heavy atom. The van der Waals surface area contributed by atoms with Gasteiger partial charge < -0.3 is 14.6 Å². The monoisotopic (exact) mass is 354 g/mol. The summed E-state index contributed by atoms with van der Waals surface area (Å²) in [5, 5.41) is 18.3. The lowest BCUT2D eigenvalue weighted by Crippen LogP contribution is -2.05. The lowest BCUT2D eigenvalue weighted by atomic mass is 10.3. The Labute approximate surface area is 149 Å². The van der Waals surface area contributed by atoms with E-state index in [4.69, 9.17) is 9.47 Å². The number of azo groups is 1. The van der Waals surface area contributed by atoms with Crippen molar-refractivity contribution in [2.24, 2.45) is 10.2 Å². The van der Waals surface area contributed by atoms with Gasteiger partial charge in [-0.1, -0.05) is 0 Å². The summed E-state index contributed by atoms with van der Waals surface area (Å²) < 4.78 is 11.9. The van der Waals surface area contributed by atoms with E-state index in [1.54, 1.807) is 43.5 Å². The molecular formula is C18H18N4O4. The highest BCUT2D eigenvalue weighted by molar-refractivity contribution is 5.93. The van der Waals surface area contributed by atoms with Crippen LogP contribution in [0.25, 0.3) is 5.65 Å². The molecule has 3 aromatic rings. The van der Waals surface area contributed by atoms with Gasteiger partial charge in [-0.2, -0.15) is 0 Å². The maximum Gasteiger partial charge on any atom is 0.360 e. The number of hydrogen-bond acceptors (Lipinski definition) is 7. The van der Waals surface area contributed by atoms with Crippen LogP contribution in [0.15, 0.2) is 52.8 Å². The number of nitrogens with zero attached hydrogens (tertiary/aromatic N) is 4. The van der Waals surface area contributed by atoms with Crippen molar-refractivity contribution in [1.29, 1.82) is 0 Å². The number of fused-ring (bicyclic) bond motifs is 1. The van der Waals surface area contributed by atoms with Crippen LogP contribution in [-0.4, -0.2) is 33.7 Å². The average molecular weight is 354 g/mol. The molecule has 3 rings (SSSR count). The molecule has 26 heavy (non-hydrogen) atoms. The Bertz CT molecular complexity index is 948. The van der Waals surface area contributed by atoms with Crippen LogP contribution in [0.2, 0.25) is 0 Å². The molecule has 8 heteroatoms. The summed E-state index contributed by atoms with van der Waals surface area (Å²) in [6.07, 6.45) is 1.64. The molecule has 0 bridgehead atoms. The Kier molecular flexibility index (Phi) is 5.12. The van der Waals surface area contributed by atoms with Gasteiger partial charge in [-0.25, -0.2) is 9.78 Å². The maximum absolute atomic E-state index is 12.2. The van der Waals surface area contributed by atoms with E-state index in [-0.39, 0.29) is 29.5 Å². The van der Waals surface area contributed by atoms with Crippen LogP contribution in [0, 0.1) is 0 Å². The highest BCUT2D eigenvalue weighted by Crippen LogP contribution is 2.29. The van der Waals surface area contributed by atoms with Crippen molar-refractivity contribution in [3.63, 3.8) is 0 Å². The summed E-state index contributed by atoms with van der Waals surface area (Å²) in [7, 11) is 0. The summed E-state index contributed by atoms with van der Waals surface area (Å²) in [6.45, 7) is 4.39. The quantitative estimate of drug-likeness (QED) is 0.532. The van der Waals surface area contributed by atoms with Crippen LogP contribution in [-0.2, 0) is 4.74 Å². The first-order chi connectivity index (χ1) is 12.6. The molecule has 0 spiro atoms. The number of esters is 1. The summed E-state index contributed by atoms with van der Waals surface area (Å²) in [5.74, 6) is 0.221. The molecule has 0 saturated heterocycles. The second-order valence-electron chi connectivity index (χ2n) is 5.22. The van der Waals surface area contributed by atoms with E-state index in [0.717, 1.165) is 5.75 Å². The maximum atomic E-state index is 12.2. The van der Waals surface area contributed by atoms with E-state index in [1.165, 1.54) is 10.5 Å². The summed E-state index contributed by atoms with van der Waals surface area (Å²) in [5.41, 5.74) is 0.776. The van der Waals surface area contributed by atoms with Crippen molar-refractivity contribution in [3.8, 4) is 11.5 Å². The van der Waals surface area contributed by atoms with Crippen LogP contribution >= 0.6 is 0 Å².